The zero-order valence-electron chi connectivity index (χ0n) is 9.94. The Labute approximate surface area is 122 Å². The molecule has 98 valence electrons. The lowest BCUT2D eigenvalue weighted by Crippen LogP contribution is -2.12. The second-order valence-corrected chi connectivity index (χ2v) is 5.83. The quantitative estimate of drug-likeness (QED) is 0.902. The van der Waals surface area contributed by atoms with Gasteiger partial charge in [0.1, 0.15) is 5.69 Å². The second-order valence-electron chi connectivity index (χ2n) is 3.70. The Morgan fingerprint density at radius 3 is 2.21 bits per heavy atom. The molecule has 2 amide bonds. The Morgan fingerprint density at radius 2 is 1.74 bits per heavy atom. The standard InChI is InChI=1S/C12H10BrN3O2S/c1-7(17)14-8-2-4-9(5-3-8)15-11(18)10-6-19-12(13)16-10/h2-6H,1H3,(H,14,17)(H,15,18). The van der Waals surface area contributed by atoms with Crippen LogP contribution in [0, 0.1) is 0 Å². The lowest BCUT2D eigenvalue weighted by molar-refractivity contribution is -0.114. The first kappa shape index (κ1) is 13.7. The first-order chi connectivity index (χ1) is 9.04. The molecule has 0 bridgehead atoms. The van der Waals surface area contributed by atoms with Crippen molar-refractivity contribution in [2.24, 2.45) is 0 Å². The normalized spacial score (nSPS) is 10.0. The van der Waals surface area contributed by atoms with Crippen LogP contribution in [0.3, 0.4) is 0 Å². The van der Waals surface area contributed by atoms with Crippen LogP contribution in [0.4, 0.5) is 11.4 Å². The molecule has 0 atom stereocenters. The summed E-state index contributed by atoms with van der Waals surface area (Å²) in [6.45, 7) is 1.44. The van der Waals surface area contributed by atoms with Gasteiger partial charge in [0, 0.05) is 23.7 Å². The van der Waals surface area contributed by atoms with Crippen molar-refractivity contribution in [3.05, 3.63) is 39.3 Å². The van der Waals surface area contributed by atoms with E-state index in [1.54, 1.807) is 29.6 Å². The number of rotatable bonds is 3. The highest BCUT2D eigenvalue weighted by Gasteiger charge is 2.09. The summed E-state index contributed by atoms with van der Waals surface area (Å²) in [4.78, 5) is 26.7. The van der Waals surface area contributed by atoms with Crippen LogP contribution in [-0.4, -0.2) is 16.8 Å². The fourth-order valence-corrected chi connectivity index (χ4v) is 2.38. The summed E-state index contributed by atoms with van der Waals surface area (Å²) in [6, 6.07) is 6.86. The van der Waals surface area contributed by atoms with E-state index in [0.717, 1.165) is 0 Å². The van der Waals surface area contributed by atoms with Crippen molar-refractivity contribution in [1.29, 1.82) is 0 Å². The topological polar surface area (TPSA) is 71.1 Å². The number of carbonyl (C=O) groups excluding carboxylic acids is 2. The number of hydrogen-bond donors (Lipinski definition) is 2. The molecule has 0 spiro atoms. The van der Waals surface area contributed by atoms with Crippen LogP contribution in [0.15, 0.2) is 33.6 Å². The van der Waals surface area contributed by atoms with Crippen molar-refractivity contribution >= 4 is 50.5 Å². The molecule has 0 saturated heterocycles. The van der Waals surface area contributed by atoms with Gasteiger partial charge in [0.2, 0.25) is 5.91 Å². The first-order valence-corrected chi connectivity index (χ1v) is 7.02. The number of nitrogens with one attached hydrogen (secondary N) is 2. The molecule has 2 aromatic rings. The predicted molar refractivity (Wildman–Crippen MR) is 78.5 cm³/mol. The summed E-state index contributed by atoms with van der Waals surface area (Å²) >= 11 is 4.56. The minimum absolute atomic E-state index is 0.135. The van der Waals surface area contributed by atoms with E-state index in [2.05, 4.69) is 31.5 Å². The van der Waals surface area contributed by atoms with Gasteiger partial charge in [-0.3, -0.25) is 9.59 Å². The number of aromatic nitrogens is 1. The Bertz CT molecular complexity index is 610. The Kier molecular flexibility index (Phi) is 4.28. The van der Waals surface area contributed by atoms with Crippen molar-refractivity contribution < 1.29 is 9.59 Å². The predicted octanol–water partition coefficient (Wildman–Crippen LogP) is 3.12. The van der Waals surface area contributed by atoms with E-state index in [1.807, 2.05) is 0 Å². The van der Waals surface area contributed by atoms with Gasteiger partial charge >= 0.3 is 0 Å². The average Bonchev–Trinajstić information content (AvgIpc) is 2.78. The van der Waals surface area contributed by atoms with Gasteiger partial charge in [0.05, 0.1) is 0 Å². The summed E-state index contributed by atoms with van der Waals surface area (Å²) in [5, 5.41) is 7.05. The van der Waals surface area contributed by atoms with Gasteiger partial charge < -0.3 is 10.6 Å². The van der Waals surface area contributed by atoms with Crippen LogP contribution in [0.25, 0.3) is 0 Å². The molecule has 0 radical (unpaired) electrons. The van der Waals surface area contributed by atoms with E-state index in [1.165, 1.54) is 18.3 Å². The Hall–Kier alpha value is -1.73. The van der Waals surface area contributed by atoms with Crippen molar-refractivity contribution in [3.63, 3.8) is 0 Å². The Balaban J connectivity index is 2.03. The molecule has 5 nitrogen and oxygen atoms in total. The second kappa shape index (κ2) is 5.94. The summed E-state index contributed by atoms with van der Waals surface area (Å²) in [5.41, 5.74) is 1.69. The largest absolute Gasteiger partial charge is 0.326 e. The molecule has 2 N–H and O–H groups in total. The van der Waals surface area contributed by atoms with Gasteiger partial charge in [-0.15, -0.1) is 11.3 Å². The lowest BCUT2D eigenvalue weighted by Gasteiger charge is -2.05. The van der Waals surface area contributed by atoms with E-state index in [4.69, 9.17) is 0 Å². The first-order valence-electron chi connectivity index (χ1n) is 5.34. The molecule has 0 fully saturated rings. The molecule has 0 unspecified atom stereocenters. The maximum atomic E-state index is 11.8. The maximum Gasteiger partial charge on any atom is 0.275 e. The number of anilines is 2. The third-order valence-electron chi connectivity index (χ3n) is 2.17. The minimum Gasteiger partial charge on any atom is -0.326 e. The molecule has 0 aliphatic heterocycles. The van der Waals surface area contributed by atoms with Gasteiger partial charge in [-0.05, 0) is 40.2 Å². The van der Waals surface area contributed by atoms with E-state index < -0.39 is 0 Å². The highest BCUT2D eigenvalue weighted by atomic mass is 79.9. The fraction of sp³-hybridized carbons (Fsp3) is 0.0833. The van der Waals surface area contributed by atoms with Crippen molar-refractivity contribution in [2.75, 3.05) is 10.6 Å². The fourth-order valence-electron chi connectivity index (χ4n) is 1.39. The van der Waals surface area contributed by atoms with Gasteiger partial charge in [0.15, 0.2) is 3.92 Å². The van der Waals surface area contributed by atoms with Crippen molar-refractivity contribution in [3.8, 4) is 0 Å². The highest BCUT2D eigenvalue weighted by molar-refractivity contribution is 9.11. The van der Waals surface area contributed by atoms with Crippen LogP contribution in [-0.2, 0) is 4.79 Å². The molecule has 0 aliphatic rings. The van der Waals surface area contributed by atoms with Crippen LogP contribution in [0.1, 0.15) is 17.4 Å². The molecule has 1 heterocycles. The molecular formula is C12H10BrN3O2S. The van der Waals surface area contributed by atoms with E-state index in [9.17, 15) is 9.59 Å². The molecule has 1 aromatic heterocycles. The summed E-state index contributed by atoms with van der Waals surface area (Å²) < 4.78 is 0.665. The minimum atomic E-state index is -0.269. The molecule has 1 aromatic carbocycles. The zero-order chi connectivity index (χ0) is 13.8. The molecule has 7 heteroatoms. The number of thiazole rings is 1. The number of benzene rings is 1. The number of amides is 2. The third-order valence-corrected chi connectivity index (χ3v) is 3.54. The maximum absolute atomic E-state index is 11.8. The number of halogens is 1. The van der Waals surface area contributed by atoms with Crippen LogP contribution in [0.5, 0.6) is 0 Å². The highest BCUT2D eigenvalue weighted by Crippen LogP contribution is 2.18. The molecular weight excluding hydrogens is 330 g/mol. The monoisotopic (exact) mass is 339 g/mol. The van der Waals surface area contributed by atoms with Gasteiger partial charge in [-0.2, -0.15) is 0 Å². The van der Waals surface area contributed by atoms with E-state index in [-0.39, 0.29) is 11.8 Å². The molecule has 19 heavy (non-hydrogen) atoms. The third kappa shape index (κ3) is 3.87. The number of nitrogens with zero attached hydrogens (tertiary/aromatic N) is 1. The zero-order valence-corrected chi connectivity index (χ0v) is 12.3. The lowest BCUT2D eigenvalue weighted by atomic mass is 10.2. The van der Waals surface area contributed by atoms with Crippen LogP contribution >= 0.6 is 27.3 Å². The van der Waals surface area contributed by atoms with Crippen molar-refractivity contribution in [1.82, 2.24) is 4.98 Å². The van der Waals surface area contributed by atoms with Crippen molar-refractivity contribution in [2.45, 2.75) is 6.92 Å². The van der Waals surface area contributed by atoms with Crippen LogP contribution < -0.4 is 10.6 Å². The smallest absolute Gasteiger partial charge is 0.275 e. The average molecular weight is 340 g/mol. The Morgan fingerprint density at radius 1 is 1.16 bits per heavy atom. The summed E-state index contributed by atoms with van der Waals surface area (Å²) in [5.74, 6) is -0.404. The molecule has 0 saturated carbocycles. The molecule has 0 aliphatic carbocycles. The van der Waals surface area contributed by atoms with E-state index in [0.29, 0.717) is 21.0 Å². The van der Waals surface area contributed by atoms with Crippen LogP contribution in [0.2, 0.25) is 0 Å². The molecule has 2 rings (SSSR count). The van der Waals surface area contributed by atoms with Gasteiger partial charge in [-0.1, -0.05) is 0 Å². The van der Waals surface area contributed by atoms with Gasteiger partial charge in [0.25, 0.3) is 5.91 Å². The van der Waals surface area contributed by atoms with E-state index >= 15 is 0 Å². The SMILES string of the molecule is CC(=O)Nc1ccc(NC(=O)c2csc(Br)n2)cc1. The number of carbonyl (C=O) groups is 2. The summed E-state index contributed by atoms with van der Waals surface area (Å²) in [6.07, 6.45) is 0. The summed E-state index contributed by atoms with van der Waals surface area (Å²) in [7, 11) is 0. The van der Waals surface area contributed by atoms with Gasteiger partial charge in [-0.25, -0.2) is 4.98 Å². The number of hydrogen-bond acceptors (Lipinski definition) is 4.